The van der Waals surface area contributed by atoms with Crippen LogP contribution in [0.1, 0.15) is 37.0 Å². The molecule has 40 heavy (non-hydrogen) atoms. The predicted octanol–water partition coefficient (Wildman–Crippen LogP) is 2.71. The first kappa shape index (κ1) is 30.6. The van der Waals surface area contributed by atoms with Crippen molar-refractivity contribution in [3.8, 4) is 0 Å². The maximum atomic E-state index is 13.4. The van der Waals surface area contributed by atoms with Crippen molar-refractivity contribution >= 4 is 34.2 Å². The molecule has 0 spiro atoms. The van der Waals surface area contributed by atoms with E-state index in [1.165, 1.54) is 24.0 Å². The summed E-state index contributed by atoms with van der Waals surface area (Å²) in [6.45, 7) is 2.57. The fourth-order valence-corrected chi connectivity index (χ4v) is 4.26. The molecule has 214 valence electrons. The average molecular weight is 556 g/mol. The molecule has 3 aromatic rings. The monoisotopic (exact) mass is 555 g/mol. The molecule has 0 aromatic heterocycles. The van der Waals surface area contributed by atoms with Gasteiger partial charge in [0, 0.05) is 49.8 Å². The number of carbonyl (C=O) groups is 3. The summed E-state index contributed by atoms with van der Waals surface area (Å²) in [6, 6.07) is 16.2. The van der Waals surface area contributed by atoms with Crippen LogP contribution in [-0.2, 0) is 14.4 Å². The van der Waals surface area contributed by atoms with Crippen molar-refractivity contribution in [2.75, 3.05) is 31.5 Å². The summed E-state index contributed by atoms with van der Waals surface area (Å²) in [5.41, 5.74) is 11.5. The predicted molar refractivity (Wildman–Crippen MR) is 149 cm³/mol. The summed E-state index contributed by atoms with van der Waals surface area (Å²) in [5.74, 6) is -2.54. The number of carbonyl (C=O) groups excluding carboxylic acids is 3. The smallest absolute Gasteiger partial charge is 0.263 e. The quantitative estimate of drug-likeness (QED) is 0.219. The van der Waals surface area contributed by atoms with Crippen LogP contribution in [0.3, 0.4) is 0 Å². The van der Waals surface area contributed by atoms with Crippen LogP contribution < -0.4 is 22.1 Å². The summed E-state index contributed by atoms with van der Waals surface area (Å²) in [5, 5.41) is 18.2. The Bertz CT molecular complexity index is 1300. The van der Waals surface area contributed by atoms with Gasteiger partial charge in [0.1, 0.15) is 12.1 Å². The van der Waals surface area contributed by atoms with Crippen LogP contribution in [0.2, 0.25) is 0 Å². The Hall–Kier alpha value is -3.93. The minimum absolute atomic E-state index is 0.157. The largest absolute Gasteiger partial charge is 0.386 e. The highest BCUT2D eigenvalue weighted by Crippen LogP contribution is 2.25. The molecule has 11 heteroatoms. The molecule has 0 fully saturated rings. The van der Waals surface area contributed by atoms with Crippen LogP contribution in [0.15, 0.2) is 66.7 Å². The van der Waals surface area contributed by atoms with Gasteiger partial charge >= 0.3 is 0 Å². The lowest BCUT2D eigenvalue weighted by Gasteiger charge is -2.26. The zero-order chi connectivity index (χ0) is 29.2. The van der Waals surface area contributed by atoms with E-state index in [1.54, 1.807) is 12.1 Å². The number of aliphatic hydroxyl groups is 1. The molecule has 0 aliphatic carbocycles. The van der Waals surface area contributed by atoms with Gasteiger partial charge < -0.3 is 32.1 Å². The number of nitrogens with zero attached hydrogens (tertiary/aromatic N) is 1. The van der Waals surface area contributed by atoms with E-state index in [4.69, 9.17) is 11.5 Å². The zero-order valence-corrected chi connectivity index (χ0v) is 22.2. The van der Waals surface area contributed by atoms with Gasteiger partial charge in [0.2, 0.25) is 17.7 Å². The van der Waals surface area contributed by atoms with Crippen molar-refractivity contribution in [1.82, 2.24) is 10.2 Å². The van der Waals surface area contributed by atoms with E-state index >= 15 is 0 Å². The highest BCUT2D eigenvalue weighted by atomic mass is 19.3. The molecule has 0 aliphatic heterocycles. The van der Waals surface area contributed by atoms with Crippen molar-refractivity contribution in [2.24, 2.45) is 17.4 Å². The summed E-state index contributed by atoms with van der Waals surface area (Å²) in [4.78, 5) is 40.7. The van der Waals surface area contributed by atoms with E-state index in [9.17, 15) is 28.3 Å². The van der Waals surface area contributed by atoms with E-state index in [1.807, 2.05) is 30.3 Å². The average Bonchev–Trinajstić information content (AvgIpc) is 2.95. The van der Waals surface area contributed by atoms with Gasteiger partial charge in [-0.15, -0.1) is 0 Å². The SMILES string of the molecule is CC(CC(=O)N(CCN)CCN)C(=O)NC(C(=O)Nc1ccc2ccccc2c1)C(O)c1ccc(C(F)F)cc1. The number of amides is 3. The highest BCUT2D eigenvalue weighted by molar-refractivity contribution is 6.00. The van der Waals surface area contributed by atoms with Crippen LogP contribution >= 0.6 is 0 Å². The van der Waals surface area contributed by atoms with Gasteiger partial charge in [-0.3, -0.25) is 14.4 Å². The van der Waals surface area contributed by atoms with Gasteiger partial charge in [0.15, 0.2) is 0 Å². The van der Waals surface area contributed by atoms with E-state index in [0.29, 0.717) is 5.69 Å². The number of rotatable bonds is 13. The number of fused-ring (bicyclic) bond motifs is 1. The van der Waals surface area contributed by atoms with E-state index in [0.717, 1.165) is 22.9 Å². The second-order valence-electron chi connectivity index (χ2n) is 9.51. The summed E-state index contributed by atoms with van der Waals surface area (Å²) < 4.78 is 26.1. The lowest BCUT2D eigenvalue weighted by Crippen LogP contribution is -2.50. The topological polar surface area (TPSA) is 151 Å². The molecule has 0 heterocycles. The molecular formula is C29H35F2N5O4. The molecule has 3 amide bonds. The Morgan fingerprint density at radius 1 is 0.875 bits per heavy atom. The molecular weight excluding hydrogens is 520 g/mol. The van der Waals surface area contributed by atoms with Gasteiger partial charge in [0.05, 0.1) is 0 Å². The third kappa shape index (κ3) is 8.04. The first-order valence-corrected chi connectivity index (χ1v) is 13.0. The molecule has 0 saturated carbocycles. The molecule has 0 saturated heterocycles. The lowest BCUT2D eigenvalue weighted by molar-refractivity contribution is -0.137. The molecule has 0 radical (unpaired) electrons. The number of benzene rings is 3. The minimum atomic E-state index is -2.70. The van der Waals surface area contributed by atoms with Gasteiger partial charge in [-0.05, 0) is 28.5 Å². The minimum Gasteiger partial charge on any atom is -0.386 e. The van der Waals surface area contributed by atoms with Crippen molar-refractivity contribution in [3.05, 3.63) is 77.9 Å². The van der Waals surface area contributed by atoms with Crippen molar-refractivity contribution in [1.29, 1.82) is 0 Å². The Kier molecular flexibility index (Phi) is 11.1. The Balaban J connectivity index is 1.81. The molecule has 3 aromatic carbocycles. The van der Waals surface area contributed by atoms with Gasteiger partial charge in [0.25, 0.3) is 6.43 Å². The number of hydrogen-bond acceptors (Lipinski definition) is 6. The molecule has 0 bridgehead atoms. The van der Waals surface area contributed by atoms with E-state index in [-0.39, 0.29) is 49.6 Å². The summed E-state index contributed by atoms with van der Waals surface area (Å²) in [6.07, 6.45) is -4.43. The number of hydrogen-bond donors (Lipinski definition) is 5. The fourth-order valence-electron chi connectivity index (χ4n) is 4.26. The second-order valence-corrected chi connectivity index (χ2v) is 9.51. The van der Waals surface area contributed by atoms with E-state index < -0.39 is 36.3 Å². The Morgan fingerprint density at radius 3 is 2.08 bits per heavy atom. The molecule has 7 N–H and O–H groups in total. The maximum absolute atomic E-state index is 13.4. The molecule has 3 atom stereocenters. The highest BCUT2D eigenvalue weighted by Gasteiger charge is 2.32. The van der Waals surface area contributed by atoms with Gasteiger partial charge in [-0.1, -0.05) is 61.5 Å². The normalized spacial score (nSPS) is 13.5. The molecule has 9 nitrogen and oxygen atoms in total. The van der Waals surface area contributed by atoms with Gasteiger partial charge in [-0.25, -0.2) is 8.78 Å². The third-order valence-corrected chi connectivity index (χ3v) is 6.52. The van der Waals surface area contributed by atoms with Crippen LogP contribution in [-0.4, -0.2) is 59.9 Å². The summed E-state index contributed by atoms with van der Waals surface area (Å²) in [7, 11) is 0. The number of aliphatic hydroxyl groups excluding tert-OH is 1. The summed E-state index contributed by atoms with van der Waals surface area (Å²) >= 11 is 0. The fraction of sp³-hybridized carbons (Fsp3) is 0.345. The van der Waals surface area contributed by atoms with Crippen molar-refractivity contribution in [3.63, 3.8) is 0 Å². The maximum Gasteiger partial charge on any atom is 0.263 e. The van der Waals surface area contributed by atoms with Crippen LogP contribution in [0.4, 0.5) is 14.5 Å². The molecule has 3 unspecified atom stereocenters. The number of alkyl halides is 2. The number of nitrogens with one attached hydrogen (secondary N) is 2. The standard InChI is InChI=1S/C29H35F2N5O4/c1-18(16-24(37)36(14-12-32)15-13-33)28(39)35-25(26(38)20-6-8-21(9-7-20)27(30)31)29(40)34-23-11-10-19-4-2-3-5-22(19)17-23/h2-11,17-18,25-27,38H,12-16,32-33H2,1H3,(H,34,40)(H,35,39). The van der Waals surface area contributed by atoms with Crippen LogP contribution in [0, 0.1) is 5.92 Å². The first-order valence-electron chi connectivity index (χ1n) is 13.0. The van der Waals surface area contributed by atoms with Crippen molar-refractivity contribution < 1.29 is 28.3 Å². The second kappa shape index (κ2) is 14.5. The Labute approximate surface area is 231 Å². The number of anilines is 1. The zero-order valence-electron chi connectivity index (χ0n) is 22.2. The molecule has 0 aliphatic rings. The van der Waals surface area contributed by atoms with Crippen molar-refractivity contribution in [2.45, 2.75) is 31.9 Å². The van der Waals surface area contributed by atoms with Crippen LogP contribution in [0.5, 0.6) is 0 Å². The van der Waals surface area contributed by atoms with Gasteiger partial charge in [-0.2, -0.15) is 0 Å². The molecule has 3 rings (SSSR count). The Morgan fingerprint density at radius 2 is 1.48 bits per heavy atom. The van der Waals surface area contributed by atoms with Crippen LogP contribution in [0.25, 0.3) is 10.8 Å². The lowest BCUT2D eigenvalue weighted by atomic mass is 9.98. The number of nitrogens with two attached hydrogens (primary N) is 2. The third-order valence-electron chi connectivity index (χ3n) is 6.52. The number of halogens is 2. The first-order chi connectivity index (χ1) is 19.1. The van der Waals surface area contributed by atoms with E-state index in [2.05, 4.69) is 10.6 Å².